The van der Waals surface area contributed by atoms with Crippen LogP contribution >= 0.6 is 0 Å². The molecule has 3 nitrogen and oxygen atoms in total. The molecule has 1 aromatic carbocycles. The number of nitrogens with zero attached hydrogens (tertiary/aromatic N) is 1. The summed E-state index contributed by atoms with van der Waals surface area (Å²) in [6, 6.07) is 9.59. The first kappa shape index (κ1) is 9.88. The van der Waals surface area contributed by atoms with Crippen LogP contribution in [-0.2, 0) is 16.6 Å². The highest BCUT2D eigenvalue weighted by atomic mass is 16.3. The first-order valence-corrected chi connectivity index (χ1v) is 4.87. The Morgan fingerprint density at radius 2 is 2.27 bits per heavy atom. The number of aryl methyl sites for hydroxylation is 1. The summed E-state index contributed by atoms with van der Waals surface area (Å²) in [6.07, 6.45) is 0.481. The third kappa shape index (κ3) is 1.26. The quantitative estimate of drug-likeness (QED) is 0.725. The van der Waals surface area contributed by atoms with Gasteiger partial charge in [0.15, 0.2) is 0 Å². The zero-order chi connectivity index (χ0) is 10.9. The van der Waals surface area contributed by atoms with Crippen molar-refractivity contribution in [1.29, 1.82) is 5.26 Å². The fraction of sp³-hybridized carbons (Fsp3) is 0.333. The van der Waals surface area contributed by atoms with E-state index in [1.165, 1.54) is 0 Å². The first-order chi connectivity index (χ1) is 7.24. The highest BCUT2D eigenvalue weighted by molar-refractivity contribution is 5.64. The second-order valence-electron chi connectivity index (χ2n) is 3.82. The molecular formula is C12H11NO2. The van der Waals surface area contributed by atoms with Crippen LogP contribution in [0.5, 0.6) is 0 Å². The SMILES string of the molecule is N#CC1(C(O)C=O)CCc2ccccc21. The molecule has 0 fully saturated rings. The number of rotatable bonds is 2. The van der Waals surface area contributed by atoms with Crippen LogP contribution in [0, 0.1) is 11.3 Å². The summed E-state index contributed by atoms with van der Waals surface area (Å²) in [5.74, 6) is 0. The van der Waals surface area contributed by atoms with Gasteiger partial charge in [-0.05, 0) is 24.0 Å². The predicted molar refractivity (Wildman–Crippen MR) is 54.1 cm³/mol. The van der Waals surface area contributed by atoms with Gasteiger partial charge in [-0.3, -0.25) is 0 Å². The van der Waals surface area contributed by atoms with Crippen LogP contribution in [0.2, 0.25) is 0 Å². The molecule has 2 unspecified atom stereocenters. The smallest absolute Gasteiger partial charge is 0.150 e. The Bertz CT molecular complexity index is 435. The van der Waals surface area contributed by atoms with Gasteiger partial charge in [0, 0.05) is 0 Å². The second kappa shape index (κ2) is 3.48. The Balaban J connectivity index is 2.56. The van der Waals surface area contributed by atoms with Crippen LogP contribution in [0.15, 0.2) is 24.3 Å². The average molecular weight is 201 g/mol. The summed E-state index contributed by atoms with van der Waals surface area (Å²) < 4.78 is 0. The maximum absolute atomic E-state index is 10.7. The standard InChI is InChI=1S/C12H11NO2/c13-8-12(11(15)7-14)6-5-9-3-1-2-4-10(9)12/h1-4,7,11,15H,5-6H2. The Labute approximate surface area is 88.0 Å². The number of hydrogen-bond donors (Lipinski definition) is 1. The van der Waals surface area contributed by atoms with Crippen molar-refractivity contribution in [3.8, 4) is 6.07 Å². The van der Waals surface area contributed by atoms with Gasteiger partial charge >= 0.3 is 0 Å². The predicted octanol–water partition coefficient (Wildman–Crippen LogP) is 0.954. The normalized spacial score (nSPS) is 25.3. The molecule has 3 heteroatoms. The van der Waals surface area contributed by atoms with Crippen LogP contribution in [0.4, 0.5) is 0 Å². The number of fused-ring (bicyclic) bond motifs is 1. The van der Waals surface area contributed by atoms with Gasteiger partial charge in [-0.15, -0.1) is 0 Å². The number of nitriles is 1. The van der Waals surface area contributed by atoms with Crippen molar-refractivity contribution in [2.24, 2.45) is 0 Å². The molecule has 0 heterocycles. The summed E-state index contributed by atoms with van der Waals surface area (Å²) in [6.45, 7) is 0. The van der Waals surface area contributed by atoms with E-state index in [9.17, 15) is 15.2 Å². The number of benzene rings is 1. The Morgan fingerprint density at radius 1 is 1.53 bits per heavy atom. The van der Waals surface area contributed by atoms with Crippen LogP contribution in [0.25, 0.3) is 0 Å². The highest BCUT2D eigenvalue weighted by Gasteiger charge is 2.44. The molecule has 1 aliphatic rings. The van der Waals surface area contributed by atoms with Crippen LogP contribution in [-0.4, -0.2) is 17.5 Å². The van der Waals surface area contributed by atoms with Gasteiger partial charge in [-0.25, -0.2) is 0 Å². The molecule has 0 amide bonds. The minimum atomic E-state index is -1.23. The number of aliphatic hydroxyl groups is 1. The van der Waals surface area contributed by atoms with Crippen molar-refractivity contribution in [3.05, 3.63) is 35.4 Å². The molecule has 0 bridgehead atoms. The third-order valence-corrected chi connectivity index (χ3v) is 3.12. The van der Waals surface area contributed by atoms with E-state index in [-0.39, 0.29) is 0 Å². The molecule has 1 aromatic rings. The monoisotopic (exact) mass is 201 g/mol. The van der Waals surface area contributed by atoms with Gasteiger partial charge in [0.25, 0.3) is 0 Å². The fourth-order valence-electron chi connectivity index (χ4n) is 2.25. The van der Waals surface area contributed by atoms with Gasteiger partial charge in [0.05, 0.1) is 6.07 Å². The zero-order valence-electron chi connectivity index (χ0n) is 8.18. The van der Waals surface area contributed by atoms with Crippen molar-refractivity contribution >= 4 is 6.29 Å². The molecule has 2 rings (SSSR count). The van der Waals surface area contributed by atoms with Crippen molar-refractivity contribution < 1.29 is 9.90 Å². The lowest BCUT2D eigenvalue weighted by Crippen LogP contribution is -2.37. The van der Waals surface area contributed by atoms with Crippen LogP contribution < -0.4 is 0 Å². The van der Waals surface area contributed by atoms with Crippen LogP contribution in [0.3, 0.4) is 0 Å². The number of aliphatic hydroxyl groups excluding tert-OH is 1. The average Bonchev–Trinajstić information content (AvgIpc) is 2.68. The van der Waals surface area contributed by atoms with E-state index in [0.29, 0.717) is 12.7 Å². The van der Waals surface area contributed by atoms with E-state index >= 15 is 0 Å². The lowest BCUT2D eigenvalue weighted by Gasteiger charge is -2.24. The lowest BCUT2D eigenvalue weighted by atomic mass is 9.78. The van der Waals surface area contributed by atoms with Crippen molar-refractivity contribution in [3.63, 3.8) is 0 Å². The first-order valence-electron chi connectivity index (χ1n) is 4.87. The minimum absolute atomic E-state index is 0.450. The van der Waals surface area contributed by atoms with Gasteiger partial charge in [-0.2, -0.15) is 5.26 Å². The van der Waals surface area contributed by atoms with Crippen LogP contribution in [0.1, 0.15) is 17.5 Å². The molecule has 76 valence electrons. The summed E-state index contributed by atoms with van der Waals surface area (Å²) in [5.41, 5.74) is 0.824. The van der Waals surface area contributed by atoms with E-state index in [1.54, 1.807) is 0 Å². The number of aldehydes is 1. The lowest BCUT2D eigenvalue weighted by molar-refractivity contribution is -0.117. The van der Waals surface area contributed by atoms with E-state index in [4.69, 9.17) is 0 Å². The van der Waals surface area contributed by atoms with Crippen molar-refractivity contribution in [2.75, 3.05) is 0 Å². The molecule has 0 radical (unpaired) electrons. The minimum Gasteiger partial charge on any atom is -0.384 e. The molecule has 0 saturated carbocycles. The summed E-state index contributed by atoms with van der Waals surface area (Å²) in [4.78, 5) is 10.7. The van der Waals surface area contributed by atoms with E-state index in [0.717, 1.165) is 17.5 Å². The molecule has 1 N–H and O–H groups in total. The van der Waals surface area contributed by atoms with Gasteiger partial charge in [-0.1, -0.05) is 24.3 Å². The topological polar surface area (TPSA) is 61.1 Å². The van der Waals surface area contributed by atoms with E-state index < -0.39 is 11.5 Å². The van der Waals surface area contributed by atoms with Gasteiger partial charge < -0.3 is 9.90 Å². The molecule has 2 atom stereocenters. The van der Waals surface area contributed by atoms with E-state index in [2.05, 4.69) is 6.07 Å². The molecule has 0 aliphatic heterocycles. The third-order valence-electron chi connectivity index (χ3n) is 3.12. The number of hydrogen-bond acceptors (Lipinski definition) is 3. The van der Waals surface area contributed by atoms with Gasteiger partial charge in [0.2, 0.25) is 0 Å². The Hall–Kier alpha value is -1.66. The molecule has 15 heavy (non-hydrogen) atoms. The second-order valence-corrected chi connectivity index (χ2v) is 3.82. The number of carbonyl (C=O) groups excluding carboxylic acids is 1. The highest BCUT2D eigenvalue weighted by Crippen LogP contribution is 2.40. The zero-order valence-corrected chi connectivity index (χ0v) is 8.18. The maximum atomic E-state index is 10.7. The molecule has 0 spiro atoms. The van der Waals surface area contributed by atoms with Crippen molar-refractivity contribution in [2.45, 2.75) is 24.4 Å². The van der Waals surface area contributed by atoms with Crippen molar-refractivity contribution in [1.82, 2.24) is 0 Å². The van der Waals surface area contributed by atoms with E-state index in [1.807, 2.05) is 24.3 Å². The molecule has 0 aromatic heterocycles. The number of carbonyl (C=O) groups is 1. The molecular weight excluding hydrogens is 190 g/mol. The maximum Gasteiger partial charge on any atom is 0.150 e. The van der Waals surface area contributed by atoms with Gasteiger partial charge in [0.1, 0.15) is 17.8 Å². The largest absolute Gasteiger partial charge is 0.384 e. The summed E-state index contributed by atoms with van der Waals surface area (Å²) in [7, 11) is 0. The summed E-state index contributed by atoms with van der Waals surface area (Å²) >= 11 is 0. The fourth-order valence-corrected chi connectivity index (χ4v) is 2.25. The Kier molecular flexibility index (Phi) is 2.29. The molecule has 1 aliphatic carbocycles. The summed E-state index contributed by atoms with van der Waals surface area (Å²) in [5, 5.41) is 18.9. The molecule has 0 saturated heterocycles. The Morgan fingerprint density at radius 3 is 2.93 bits per heavy atom.